The SMILES string of the molecule is O=C(NC1CC1)[C@@H](c1ccccc1)N1CCN(S(=O)(=O)c2cccc(C(F)(F)F)c2)CC1. The van der Waals surface area contributed by atoms with Gasteiger partial charge in [0.25, 0.3) is 0 Å². The predicted octanol–water partition coefficient (Wildman–Crippen LogP) is 3.03. The number of amides is 1. The number of rotatable bonds is 6. The molecule has 32 heavy (non-hydrogen) atoms. The molecule has 2 aromatic carbocycles. The van der Waals surface area contributed by atoms with E-state index in [-0.39, 0.29) is 43.0 Å². The van der Waals surface area contributed by atoms with Crippen molar-refractivity contribution in [3.8, 4) is 0 Å². The standard InChI is InChI=1S/C22H24F3N3O3S/c23-22(24,25)17-7-4-8-19(15-17)32(30,31)28-13-11-27(12-14-28)20(16-5-2-1-3-6-16)21(29)26-18-9-10-18/h1-8,15,18,20H,9-14H2,(H,26,29)/t20-/m1/s1. The normalized spacial score (nSPS) is 19.5. The van der Waals surface area contributed by atoms with Crippen molar-refractivity contribution in [3.63, 3.8) is 0 Å². The van der Waals surface area contributed by atoms with Crippen molar-refractivity contribution in [2.45, 2.75) is 36.0 Å². The van der Waals surface area contributed by atoms with Crippen molar-refractivity contribution in [2.24, 2.45) is 0 Å². The number of halogens is 3. The van der Waals surface area contributed by atoms with Crippen LogP contribution in [0.25, 0.3) is 0 Å². The molecule has 1 aliphatic heterocycles. The summed E-state index contributed by atoms with van der Waals surface area (Å²) in [6.45, 7) is 0.739. The summed E-state index contributed by atoms with van der Waals surface area (Å²) in [6.07, 6.45) is -2.71. The Morgan fingerprint density at radius 3 is 2.22 bits per heavy atom. The minimum absolute atomic E-state index is 0.0820. The highest BCUT2D eigenvalue weighted by Gasteiger charge is 2.37. The van der Waals surface area contributed by atoms with E-state index in [1.807, 2.05) is 35.2 Å². The third-order valence-electron chi connectivity index (χ3n) is 5.72. The zero-order valence-corrected chi connectivity index (χ0v) is 18.1. The highest BCUT2D eigenvalue weighted by molar-refractivity contribution is 7.89. The summed E-state index contributed by atoms with van der Waals surface area (Å²) >= 11 is 0. The van der Waals surface area contributed by atoms with Gasteiger partial charge in [-0.1, -0.05) is 36.4 Å². The van der Waals surface area contributed by atoms with Crippen LogP contribution in [0.5, 0.6) is 0 Å². The lowest BCUT2D eigenvalue weighted by molar-refractivity contribution is -0.137. The molecule has 2 fully saturated rings. The molecule has 1 saturated heterocycles. The highest BCUT2D eigenvalue weighted by Crippen LogP contribution is 2.32. The number of piperazine rings is 1. The van der Waals surface area contributed by atoms with Crippen molar-refractivity contribution in [3.05, 3.63) is 65.7 Å². The molecule has 1 N–H and O–H groups in total. The molecule has 0 unspecified atom stereocenters. The number of alkyl halides is 3. The number of carbonyl (C=O) groups is 1. The predicted molar refractivity (Wildman–Crippen MR) is 112 cm³/mol. The molecule has 1 atom stereocenters. The lowest BCUT2D eigenvalue weighted by Gasteiger charge is -2.38. The Morgan fingerprint density at radius 1 is 0.969 bits per heavy atom. The first-order chi connectivity index (χ1) is 15.2. The molecular weight excluding hydrogens is 443 g/mol. The number of benzene rings is 2. The minimum Gasteiger partial charge on any atom is -0.352 e. The van der Waals surface area contributed by atoms with Crippen molar-refractivity contribution in [1.29, 1.82) is 0 Å². The first kappa shape index (κ1) is 22.8. The van der Waals surface area contributed by atoms with E-state index in [0.29, 0.717) is 6.07 Å². The van der Waals surface area contributed by atoms with E-state index < -0.39 is 27.8 Å². The third-order valence-corrected chi connectivity index (χ3v) is 7.62. The van der Waals surface area contributed by atoms with Crippen molar-refractivity contribution in [2.75, 3.05) is 26.2 Å². The van der Waals surface area contributed by atoms with Gasteiger partial charge >= 0.3 is 6.18 Å². The van der Waals surface area contributed by atoms with Crippen LogP contribution in [-0.2, 0) is 21.0 Å². The zero-order valence-electron chi connectivity index (χ0n) is 17.3. The van der Waals surface area contributed by atoms with Crippen LogP contribution in [0.15, 0.2) is 59.5 Å². The molecule has 6 nitrogen and oxygen atoms in total. The van der Waals surface area contributed by atoms with Crippen LogP contribution in [0.2, 0.25) is 0 Å². The maximum Gasteiger partial charge on any atom is 0.416 e. The van der Waals surface area contributed by atoms with Crippen LogP contribution in [0.1, 0.15) is 30.0 Å². The highest BCUT2D eigenvalue weighted by atomic mass is 32.2. The number of sulfonamides is 1. The summed E-state index contributed by atoms with van der Waals surface area (Å²) in [5.41, 5.74) is -0.182. The second-order valence-electron chi connectivity index (χ2n) is 8.06. The third kappa shape index (κ3) is 4.97. The molecule has 1 aliphatic carbocycles. The van der Waals surface area contributed by atoms with Gasteiger partial charge in [-0.15, -0.1) is 0 Å². The molecule has 1 heterocycles. The number of hydrogen-bond acceptors (Lipinski definition) is 4. The van der Waals surface area contributed by atoms with Crippen LogP contribution >= 0.6 is 0 Å². The van der Waals surface area contributed by atoms with Gasteiger partial charge < -0.3 is 5.32 Å². The molecule has 1 saturated carbocycles. The van der Waals surface area contributed by atoms with Gasteiger partial charge in [-0.05, 0) is 36.6 Å². The minimum atomic E-state index is -4.62. The average Bonchev–Trinajstić information content (AvgIpc) is 3.58. The Morgan fingerprint density at radius 2 is 1.62 bits per heavy atom. The van der Waals surface area contributed by atoms with Gasteiger partial charge in [0.15, 0.2) is 0 Å². The lowest BCUT2D eigenvalue weighted by Crippen LogP contribution is -2.52. The molecule has 2 aliphatic rings. The van der Waals surface area contributed by atoms with Gasteiger partial charge in [-0.2, -0.15) is 17.5 Å². The Labute approximate surface area is 185 Å². The Hall–Kier alpha value is -2.43. The lowest BCUT2D eigenvalue weighted by atomic mass is 10.0. The quantitative estimate of drug-likeness (QED) is 0.709. The molecule has 1 amide bonds. The molecule has 10 heteroatoms. The number of carbonyl (C=O) groups excluding carboxylic acids is 1. The van der Waals surface area contributed by atoms with Crippen LogP contribution in [0, 0.1) is 0 Å². The van der Waals surface area contributed by atoms with Gasteiger partial charge in [0.2, 0.25) is 15.9 Å². The maximum atomic E-state index is 13.0. The second-order valence-corrected chi connectivity index (χ2v) is 10.00. The van der Waals surface area contributed by atoms with Gasteiger partial charge in [0.1, 0.15) is 6.04 Å². The summed E-state index contributed by atoms with van der Waals surface area (Å²) in [5.74, 6) is -0.118. The molecule has 2 aromatic rings. The molecule has 4 rings (SSSR count). The first-order valence-corrected chi connectivity index (χ1v) is 11.9. The van der Waals surface area contributed by atoms with Crippen LogP contribution in [-0.4, -0.2) is 55.8 Å². The number of hydrogen-bond donors (Lipinski definition) is 1. The van der Waals surface area contributed by atoms with E-state index in [1.54, 1.807) is 0 Å². The fourth-order valence-electron chi connectivity index (χ4n) is 3.86. The second kappa shape index (κ2) is 8.84. The zero-order chi connectivity index (χ0) is 22.9. The monoisotopic (exact) mass is 467 g/mol. The first-order valence-electron chi connectivity index (χ1n) is 10.4. The number of nitrogens with zero attached hydrogens (tertiary/aromatic N) is 2. The van der Waals surface area contributed by atoms with Crippen LogP contribution in [0.4, 0.5) is 13.2 Å². The van der Waals surface area contributed by atoms with E-state index >= 15 is 0 Å². The van der Waals surface area contributed by atoms with E-state index in [1.165, 1.54) is 10.4 Å². The number of nitrogens with one attached hydrogen (secondary N) is 1. The van der Waals surface area contributed by atoms with Gasteiger partial charge in [-0.3, -0.25) is 9.69 Å². The Bertz CT molecular complexity index is 1060. The fraction of sp³-hybridized carbons (Fsp3) is 0.409. The van der Waals surface area contributed by atoms with E-state index in [4.69, 9.17) is 0 Å². The van der Waals surface area contributed by atoms with Gasteiger partial charge in [0.05, 0.1) is 10.5 Å². The molecule has 172 valence electrons. The van der Waals surface area contributed by atoms with Gasteiger partial charge in [-0.25, -0.2) is 8.42 Å². The summed E-state index contributed by atoms with van der Waals surface area (Å²) < 4.78 is 66.2. The van der Waals surface area contributed by atoms with Crippen molar-refractivity contribution >= 4 is 15.9 Å². The van der Waals surface area contributed by atoms with E-state index in [2.05, 4.69) is 5.32 Å². The molecular formula is C22H24F3N3O3S. The topological polar surface area (TPSA) is 69.7 Å². The summed E-state index contributed by atoms with van der Waals surface area (Å²) in [5, 5.41) is 3.02. The Balaban J connectivity index is 1.50. The van der Waals surface area contributed by atoms with Crippen molar-refractivity contribution < 1.29 is 26.4 Å². The summed E-state index contributed by atoms with van der Waals surface area (Å²) in [4.78, 5) is 14.5. The molecule has 0 bridgehead atoms. The molecule has 0 radical (unpaired) electrons. The summed E-state index contributed by atoms with van der Waals surface area (Å²) in [7, 11) is -4.08. The van der Waals surface area contributed by atoms with Crippen molar-refractivity contribution in [1.82, 2.24) is 14.5 Å². The smallest absolute Gasteiger partial charge is 0.352 e. The van der Waals surface area contributed by atoms with Gasteiger partial charge in [0, 0.05) is 32.2 Å². The van der Waals surface area contributed by atoms with Crippen LogP contribution in [0.3, 0.4) is 0 Å². The fourth-order valence-corrected chi connectivity index (χ4v) is 5.32. The Kier molecular flexibility index (Phi) is 6.28. The summed E-state index contributed by atoms with van der Waals surface area (Å²) in [6, 6.07) is 12.7. The van der Waals surface area contributed by atoms with E-state index in [0.717, 1.165) is 30.5 Å². The average molecular weight is 468 g/mol. The molecule has 0 aromatic heterocycles. The molecule has 0 spiro atoms. The van der Waals surface area contributed by atoms with Crippen LogP contribution < -0.4 is 5.32 Å². The largest absolute Gasteiger partial charge is 0.416 e. The maximum absolute atomic E-state index is 13.0. The van der Waals surface area contributed by atoms with E-state index in [9.17, 15) is 26.4 Å².